The summed E-state index contributed by atoms with van der Waals surface area (Å²) in [6, 6.07) is 167. The van der Waals surface area contributed by atoms with Gasteiger partial charge in [-0.25, -0.2) is 0 Å². The Hall–Kier alpha value is -15.8. The quantitative estimate of drug-likeness (QED) is 0.108. The summed E-state index contributed by atoms with van der Waals surface area (Å²) in [6.45, 7) is -0.451. The summed E-state index contributed by atoms with van der Waals surface area (Å²) in [5, 5.41) is 4.12. The number of para-hydroxylation sites is 6. The van der Waals surface area contributed by atoms with E-state index in [-0.39, 0.29) is 0 Å². The molecule has 0 aliphatic carbocycles. The van der Waals surface area contributed by atoms with Crippen LogP contribution in [0.25, 0.3) is 133 Å². The highest BCUT2D eigenvalue weighted by Gasteiger charge is 2.50. The van der Waals surface area contributed by atoms with E-state index in [0.717, 1.165) is 212 Å². The van der Waals surface area contributed by atoms with Gasteiger partial charge in [0, 0.05) is 66.5 Å². The van der Waals surface area contributed by atoms with Crippen molar-refractivity contribution in [2.24, 2.45) is 0 Å². The van der Waals surface area contributed by atoms with E-state index in [1.165, 1.54) is 11.1 Å². The van der Waals surface area contributed by atoms with Crippen LogP contribution in [0.15, 0.2) is 458 Å². The number of benzene rings is 19. The molecule has 3 aliphatic heterocycles. The standard InChI is InChI=1S/C115H74BN3O2/c1-7-33-75(34-8-1)79-41-27-45-83(65-79)90-55-31-56-91(84-46-28-42-80(66-84)76-35-9-2-10-36-76)113(90)118-104-71-96-94-53-19-25-63-108(94)120-110(96)73-100(104)116-101-74-111-97(95-54-20-26-64-109(95)121-111)72-105(101)119(114-92(85-47-29-43-81(67-85)77-37-11-3-12-38-77)57-32-58-93(114)86-48-30-44-82(68-86)78-39-13-4-14-40-78)107-70-89(69-106(118)112(107)116)117-102-61-23-21-59-98(102)115(87-49-15-5-16-50-87,88-51-17-6-18-52-88)99-60-22-24-62-103(99)117/h1-74H. The number of hydrogen-bond acceptors (Lipinski definition) is 5. The molecular formula is C115H74BN3O2. The van der Waals surface area contributed by atoms with Crippen molar-refractivity contribution in [1.29, 1.82) is 0 Å². The second-order valence-corrected chi connectivity index (χ2v) is 32.1. The van der Waals surface area contributed by atoms with Crippen LogP contribution in [-0.2, 0) is 5.41 Å². The fraction of sp³-hybridized carbons (Fsp3) is 0.00870. The lowest BCUT2D eigenvalue weighted by molar-refractivity contribution is 0.669. The molecule has 0 radical (unpaired) electrons. The molecule has 19 aromatic carbocycles. The highest BCUT2D eigenvalue weighted by Crippen LogP contribution is 2.61. The minimum absolute atomic E-state index is 0.451. The molecule has 3 aliphatic rings. The van der Waals surface area contributed by atoms with Crippen LogP contribution in [0.2, 0.25) is 0 Å². The van der Waals surface area contributed by atoms with Crippen molar-refractivity contribution in [1.82, 2.24) is 0 Å². The van der Waals surface area contributed by atoms with Crippen LogP contribution >= 0.6 is 0 Å². The third kappa shape index (κ3) is 11.2. The van der Waals surface area contributed by atoms with Crippen molar-refractivity contribution in [2.75, 3.05) is 14.7 Å². The van der Waals surface area contributed by atoms with Gasteiger partial charge in [0.25, 0.3) is 6.71 Å². The van der Waals surface area contributed by atoms with Crippen LogP contribution < -0.4 is 31.1 Å². The SMILES string of the molecule is c1ccc(-c2cccc(-c3cccc(-c4cccc(-c5ccccc5)c4)c3N3c4cc5c(cc4B4c6cc7oc8ccccc8c7cc6N(c6c(-c7cccc(-c8ccccc8)c7)cccc6-c6cccc(-c7ccccc7)c6)c6cc(N7c8ccccc8C(c8ccccc8)(c8ccccc8)c8ccccc87)cc3c64)oc3ccccc35)c2)cc1. The molecule has 121 heavy (non-hydrogen) atoms. The molecule has 21 aromatic rings. The van der Waals surface area contributed by atoms with Crippen LogP contribution in [-0.4, -0.2) is 6.71 Å². The second-order valence-electron chi connectivity index (χ2n) is 32.1. The summed E-state index contributed by atoms with van der Waals surface area (Å²) >= 11 is 0. The van der Waals surface area contributed by atoms with Crippen LogP contribution in [0.3, 0.4) is 0 Å². The van der Waals surface area contributed by atoms with Gasteiger partial charge in [-0.05, 0) is 190 Å². The molecule has 5 nitrogen and oxygen atoms in total. The van der Waals surface area contributed by atoms with Crippen molar-refractivity contribution in [2.45, 2.75) is 5.41 Å². The Morgan fingerprint density at radius 1 is 0.198 bits per heavy atom. The number of fused-ring (bicyclic) bond motifs is 12. The average molecular weight is 1540 g/mol. The summed E-state index contributed by atoms with van der Waals surface area (Å²) < 4.78 is 14.6. The molecule has 0 bridgehead atoms. The Kier molecular flexibility index (Phi) is 16.2. The summed E-state index contributed by atoms with van der Waals surface area (Å²) in [4.78, 5) is 7.97. The third-order valence-corrected chi connectivity index (χ3v) is 25.5. The van der Waals surface area contributed by atoms with Gasteiger partial charge in [0.15, 0.2) is 0 Å². The van der Waals surface area contributed by atoms with Crippen molar-refractivity contribution >= 4 is 118 Å². The lowest BCUT2D eigenvalue weighted by Gasteiger charge is -2.48. The van der Waals surface area contributed by atoms with Crippen LogP contribution in [0.4, 0.5) is 51.2 Å². The highest BCUT2D eigenvalue weighted by molar-refractivity contribution is 7.00. The molecule has 24 rings (SSSR count). The fourth-order valence-electron chi connectivity index (χ4n) is 20.2. The zero-order chi connectivity index (χ0) is 79.6. The van der Waals surface area contributed by atoms with E-state index in [0.29, 0.717) is 0 Å². The molecule has 0 saturated heterocycles. The maximum atomic E-state index is 7.28. The van der Waals surface area contributed by atoms with Gasteiger partial charge in [0.1, 0.15) is 22.3 Å². The summed E-state index contributed by atoms with van der Waals surface area (Å²) in [5.74, 6) is 0. The monoisotopic (exact) mass is 1540 g/mol. The highest BCUT2D eigenvalue weighted by atomic mass is 16.3. The molecule has 0 amide bonds. The van der Waals surface area contributed by atoms with E-state index in [4.69, 9.17) is 8.83 Å². The molecule has 0 atom stereocenters. The number of nitrogens with zero attached hydrogens (tertiary/aromatic N) is 3. The molecule has 0 saturated carbocycles. The van der Waals surface area contributed by atoms with E-state index in [9.17, 15) is 0 Å². The Bertz CT molecular complexity index is 7020. The van der Waals surface area contributed by atoms with E-state index < -0.39 is 12.1 Å². The number of hydrogen-bond donors (Lipinski definition) is 0. The molecule has 6 heteroatoms. The van der Waals surface area contributed by atoms with Crippen LogP contribution in [0.1, 0.15) is 22.3 Å². The Labute approximate surface area is 702 Å². The predicted molar refractivity (Wildman–Crippen MR) is 505 cm³/mol. The molecule has 0 fully saturated rings. The van der Waals surface area contributed by atoms with E-state index in [1.54, 1.807) is 0 Å². The first-order chi connectivity index (χ1) is 60.0. The fourth-order valence-corrected chi connectivity index (χ4v) is 20.2. The Morgan fingerprint density at radius 2 is 0.496 bits per heavy atom. The third-order valence-electron chi connectivity index (χ3n) is 25.5. The maximum Gasteiger partial charge on any atom is 0.252 e. The van der Waals surface area contributed by atoms with Gasteiger partial charge in [-0.1, -0.05) is 364 Å². The number of furan rings is 2. The summed E-state index contributed by atoms with van der Waals surface area (Å²) in [6.07, 6.45) is 0. The molecular weight excluding hydrogens is 1470 g/mol. The molecule has 0 N–H and O–H groups in total. The van der Waals surface area contributed by atoms with E-state index in [2.05, 4.69) is 464 Å². The Balaban J connectivity index is 0.891. The summed E-state index contributed by atoms with van der Waals surface area (Å²) in [5.41, 5.74) is 37.3. The van der Waals surface area contributed by atoms with Gasteiger partial charge in [0.05, 0.1) is 33.9 Å². The van der Waals surface area contributed by atoms with Gasteiger partial charge >= 0.3 is 0 Å². The largest absolute Gasteiger partial charge is 0.456 e. The first-order valence-corrected chi connectivity index (χ1v) is 41.7. The molecule has 564 valence electrons. The molecule has 0 spiro atoms. The lowest BCUT2D eigenvalue weighted by Crippen LogP contribution is -2.61. The minimum atomic E-state index is -0.764. The van der Waals surface area contributed by atoms with Crippen molar-refractivity contribution in [3.63, 3.8) is 0 Å². The van der Waals surface area contributed by atoms with Crippen molar-refractivity contribution in [3.8, 4) is 89.0 Å². The maximum absolute atomic E-state index is 7.28. The van der Waals surface area contributed by atoms with Gasteiger partial charge < -0.3 is 23.5 Å². The van der Waals surface area contributed by atoms with Crippen molar-refractivity contribution < 1.29 is 8.83 Å². The van der Waals surface area contributed by atoms with E-state index >= 15 is 0 Å². The smallest absolute Gasteiger partial charge is 0.252 e. The molecule has 2 aromatic heterocycles. The first kappa shape index (κ1) is 69.5. The topological polar surface area (TPSA) is 36.0 Å². The Morgan fingerprint density at radius 3 is 0.860 bits per heavy atom. The van der Waals surface area contributed by atoms with Crippen LogP contribution in [0, 0.1) is 0 Å². The van der Waals surface area contributed by atoms with Crippen LogP contribution in [0.5, 0.6) is 0 Å². The normalized spacial score (nSPS) is 13.0. The van der Waals surface area contributed by atoms with E-state index in [1.807, 2.05) is 0 Å². The van der Waals surface area contributed by atoms with Gasteiger partial charge in [-0.3, -0.25) is 0 Å². The molecule has 0 unspecified atom stereocenters. The number of anilines is 9. The first-order valence-electron chi connectivity index (χ1n) is 41.7. The zero-order valence-corrected chi connectivity index (χ0v) is 66.0. The second kappa shape index (κ2) is 28.3. The van der Waals surface area contributed by atoms with Gasteiger partial charge in [-0.2, -0.15) is 0 Å². The van der Waals surface area contributed by atoms with Gasteiger partial charge in [0.2, 0.25) is 0 Å². The van der Waals surface area contributed by atoms with Gasteiger partial charge in [-0.15, -0.1) is 0 Å². The number of rotatable bonds is 13. The zero-order valence-electron chi connectivity index (χ0n) is 66.0. The minimum Gasteiger partial charge on any atom is -0.456 e. The van der Waals surface area contributed by atoms with Crippen molar-refractivity contribution in [3.05, 3.63) is 471 Å². The average Bonchev–Trinajstić information content (AvgIpc) is 1.47. The molecule has 5 heterocycles. The predicted octanol–water partition coefficient (Wildman–Crippen LogP) is 29.1. The summed E-state index contributed by atoms with van der Waals surface area (Å²) in [7, 11) is 0. The lowest BCUT2D eigenvalue weighted by atomic mass is 9.33.